The highest BCUT2D eigenvalue weighted by atomic mass is 32.2. The Labute approximate surface area is 173 Å². The second kappa shape index (κ2) is 7.61. The maximum atomic E-state index is 13.4. The van der Waals surface area contributed by atoms with E-state index in [-0.39, 0.29) is 17.4 Å². The molecule has 3 aromatic rings. The molecular weight excluding hydrogens is 408 g/mol. The van der Waals surface area contributed by atoms with Crippen LogP contribution in [0.5, 0.6) is 0 Å². The predicted octanol–water partition coefficient (Wildman–Crippen LogP) is 4.05. The molecule has 0 amide bonds. The summed E-state index contributed by atoms with van der Waals surface area (Å²) in [5, 5.41) is 0. The highest BCUT2D eigenvalue weighted by Gasteiger charge is 2.32. The van der Waals surface area contributed by atoms with Crippen LogP contribution in [0.1, 0.15) is 27.7 Å². The Morgan fingerprint density at radius 2 is 2.00 bits per heavy atom. The number of aromatic nitrogens is 1. The molecule has 0 atom stereocenters. The lowest BCUT2D eigenvalue weighted by atomic mass is 10.1. The number of anilines is 1. The van der Waals surface area contributed by atoms with Crippen molar-refractivity contribution in [1.29, 1.82) is 0 Å². The SMILES string of the molecule is CCOC(=O)c1cc2c(s1)-c1ncccc1N(S(=O)(=O)c1ccc(C)cc1)CC2. The fourth-order valence-corrected chi connectivity index (χ4v) is 5.90. The molecule has 150 valence electrons. The number of rotatable bonds is 4. The summed E-state index contributed by atoms with van der Waals surface area (Å²) in [6.45, 7) is 4.25. The molecule has 0 aliphatic carbocycles. The number of hydrogen-bond acceptors (Lipinski definition) is 6. The molecule has 0 N–H and O–H groups in total. The van der Waals surface area contributed by atoms with Crippen molar-refractivity contribution in [3.05, 3.63) is 64.7 Å². The van der Waals surface area contributed by atoms with Crippen molar-refractivity contribution < 1.29 is 17.9 Å². The number of hydrogen-bond donors (Lipinski definition) is 0. The Hall–Kier alpha value is -2.71. The van der Waals surface area contributed by atoms with E-state index in [1.807, 2.05) is 6.92 Å². The van der Waals surface area contributed by atoms with Gasteiger partial charge < -0.3 is 4.74 Å². The van der Waals surface area contributed by atoms with Gasteiger partial charge in [-0.25, -0.2) is 13.2 Å². The number of sulfonamides is 1. The van der Waals surface area contributed by atoms with E-state index < -0.39 is 10.0 Å². The van der Waals surface area contributed by atoms with E-state index in [1.54, 1.807) is 55.6 Å². The Morgan fingerprint density at radius 1 is 1.24 bits per heavy atom. The number of fused-ring (bicyclic) bond motifs is 3. The summed E-state index contributed by atoms with van der Waals surface area (Å²) in [6, 6.07) is 12.1. The van der Waals surface area contributed by atoms with Gasteiger partial charge in [0.15, 0.2) is 0 Å². The molecule has 0 unspecified atom stereocenters. The van der Waals surface area contributed by atoms with Gasteiger partial charge in [0.05, 0.1) is 22.1 Å². The van der Waals surface area contributed by atoms with Crippen LogP contribution in [-0.4, -0.2) is 32.5 Å². The smallest absolute Gasteiger partial charge is 0.348 e. The van der Waals surface area contributed by atoms with Crippen LogP contribution in [-0.2, 0) is 21.2 Å². The minimum Gasteiger partial charge on any atom is -0.462 e. The van der Waals surface area contributed by atoms with Crippen molar-refractivity contribution in [3.63, 3.8) is 0 Å². The van der Waals surface area contributed by atoms with Crippen molar-refractivity contribution in [2.75, 3.05) is 17.5 Å². The van der Waals surface area contributed by atoms with Crippen LogP contribution in [0.2, 0.25) is 0 Å². The monoisotopic (exact) mass is 428 g/mol. The van der Waals surface area contributed by atoms with Crippen molar-refractivity contribution in [2.45, 2.75) is 25.2 Å². The van der Waals surface area contributed by atoms with E-state index in [9.17, 15) is 13.2 Å². The molecule has 0 fully saturated rings. The largest absolute Gasteiger partial charge is 0.462 e. The second-order valence-electron chi connectivity index (χ2n) is 6.70. The zero-order chi connectivity index (χ0) is 20.6. The number of esters is 1. The molecule has 0 bridgehead atoms. The van der Waals surface area contributed by atoms with E-state index in [0.717, 1.165) is 16.0 Å². The maximum absolute atomic E-state index is 13.4. The number of carbonyl (C=O) groups excluding carboxylic acids is 1. The quantitative estimate of drug-likeness (QED) is 0.586. The van der Waals surface area contributed by atoms with Crippen LogP contribution in [0.4, 0.5) is 5.69 Å². The topological polar surface area (TPSA) is 76.6 Å². The summed E-state index contributed by atoms with van der Waals surface area (Å²) < 4.78 is 33.3. The minimum absolute atomic E-state index is 0.246. The van der Waals surface area contributed by atoms with Gasteiger partial charge in [-0.1, -0.05) is 17.7 Å². The Balaban J connectivity index is 1.81. The number of thiophene rings is 1. The van der Waals surface area contributed by atoms with Crippen LogP contribution in [0, 0.1) is 6.92 Å². The first-order valence-corrected chi connectivity index (χ1v) is 11.5. The van der Waals surface area contributed by atoms with E-state index in [0.29, 0.717) is 29.3 Å². The zero-order valence-corrected chi connectivity index (χ0v) is 17.7. The van der Waals surface area contributed by atoms with E-state index >= 15 is 0 Å². The maximum Gasteiger partial charge on any atom is 0.348 e. The molecule has 8 heteroatoms. The van der Waals surface area contributed by atoms with E-state index in [4.69, 9.17) is 4.74 Å². The number of ether oxygens (including phenoxy) is 1. The Kier molecular flexibility index (Phi) is 5.14. The van der Waals surface area contributed by atoms with Gasteiger partial charge in [0.2, 0.25) is 0 Å². The number of aryl methyl sites for hydroxylation is 1. The number of nitrogens with zero attached hydrogens (tertiary/aromatic N) is 2. The highest BCUT2D eigenvalue weighted by Crippen LogP contribution is 2.41. The highest BCUT2D eigenvalue weighted by molar-refractivity contribution is 7.92. The molecule has 1 aromatic carbocycles. The molecular formula is C21H20N2O4S2. The first kappa shape index (κ1) is 19.6. The average molecular weight is 429 g/mol. The summed E-state index contributed by atoms with van der Waals surface area (Å²) in [5.74, 6) is -0.368. The molecule has 1 aliphatic heterocycles. The molecule has 29 heavy (non-hydrogen) atoms. The summed E-state index contributed by atoms with van der Waals surface area (Å²) in [4.78, 5) is 18.2. The van der Waals surface area contributed by atoms with Gasteiger partial charge in [-0.05, 0) is 56.2 Å². The van der Waals surface area contributed by atoms with Gasteiger partial charge in [-0.15, -0.1) is 11.3 Å². The fourth-order valence-electron chi connectivity index (χ4n) is 3.32. The molecule has 0 radical (unpaired) electrons. The molecule has 3 heterocycles. The standard InChI is InChI=1S/C21H20N2O4S2/c1-3-27-21(24)18-13-15-10-12-23(17-5-4-11-22-19(17)20(15)28-18)29(25,26)16-8-6-14(2)7-9-16/h4-9,11,13H,3,10,12H2,1-2H3. The minimum atomic E-state index is -3.74. The molecule has 1 aliphatic rings. The van der Waals surface area contributed by atoms with Gasteiger partial charge in [0.1, 0.15) is 10.6 Å². The molecule has 6 nitrogen and oxygen atoms in total. The lowest BCUT2D eigenvalue weighted by molar-refractivity contribution is 0.0532. The third-order valence-electron chi connectivity index (χ3n) is 4.75. The normalized spacial score (nSPS) is 13.4. The van der Waals surface area contributed by atoms with Gasteiger partial charge in [0.25, 0.3) is 10.0 Å². The molecule has 0 saturated carbocycles. The molecule has 4 rings (SSSR count). The van der Waals surface area contributed by atoms with Crippen LogP contribution < -0.4 is 4.31 Å². The molecule has 0 spiro atoms. The molecule has 2 aromatic heterocycles. The van der Waals surface area contributed by atoms with Crippen LogP contribution in [0.3, 0.4) is 0 Å². The summed E-state index contributed by atoms with van der Waals surface area (Å²) in [5.41, 5.74) is 2.98. The lowest BCUT2D eigenvalue weighted by Crippen LogP contribution is -2.32. The van der Waals surface area contributed by atoms with Gasteiger partial charge in [0, 0.05) is 12.7 Å². The summed E-state index contributed by atoms with van der Waals surface area (Å²) in [6.07, 6.45) is 2.11. The van der Waals surface area contributed by atoms with Gasteiger partial charge in [-0.3, -0.25) is 9.29 Å². The fraction of sp³-hybridized carbons (Fsp3) is 0.238. The Bertz CT molecular complexity index is 1170. The third-order valence-corrected chi connectivity index (χ3v) is 7.74. The summed E-state index contributed by atoms with van der Waals surface area (Å²) >= 11 is 1.29. The number of pyridine rings is 1. The van der Waals surface area contributed by atoms with E-state index in [2.05, 4.69) is 4.98 Å². The van der Waals surface area contributed by atoms with Crippen LogP contribution in [0.15, 0.2) is 53.6 Å². The van der Waals surface area contributed by atoms with Crippen molar-refractivity contribution in [1.82, 2.24) is 4.98 Å². The van der Waals surface area contributed by atoms with Gasteiger partial charge in [-0.2, -0.15) is 0 Å². The van der Waals surface area contributed by atoms with Crippen molar-refractivity contribution in [2.24, 2.45) is 0 Å². The number of benzene rings is 1. The Morgan fingerprint density at radius 3 is 2.72 bits per heavy atom. The van der Waals surface area contributed by atoms with Crippen molar-refractivity contribution >= 4 is 33.0 Å². The molecule has 0 saturated heterocycles. The predicted molar refractivity (Wildman–Crippen MR) is 113 cm³/mol. The first-order chi connectivity index (χ1) is 13.9. The summed E-state index contributed by atoms with van der Waals surface area (Å²) in [7, 11) is -3.74. The zero-order valence-electron chi connectivity index (χ0n) is 16.1. The van der Waals surface area contributed by atoms with Crippen LogP contribution in [0.25, 0.3) is 10.6 Å². The van der Waals surface area contributed by atoms with Gasteiger partial charge >= 0.3 is 5.97 Å². The van der Waals surface area contributed by atoms with E-state index in [1.165, 1.54) is 15.6 Å². The average Bonchev–Trinajstić information content (AvgIpc) is 3.06. The van der Waals surface area contributed by atoms with Crippen LogP contribution >= 0.6 is 11.3 Å². The first-order valence-electron chi connectivity index (χ1n) is 9.26. The third kappa shape index (κ3) is 3.54. The number of carbonyl (C=O) groups is 1. The second-order valence-corrected chi connectivity index (χ2v) is 9.61. The van der Waals surface area contributed by atoms with Crippen molar-refractivity contribution in [3.8, 4) is 10.6 Å². The lowest BCUT2D eigenvalue weighted by Gasteiger charge is -2.24.